The highest BCUT2D eigenvalue weighted by atomic mass is 32.2. The summed E-state index contributed by atoms with van der Waals surface area (Å²) in [6.07, 6.45) is 3.27. The van der Waals surface area contributed by atoms with E-state index < -0.39 is 33.1 Å². The van der Waals surface area contributed by atoms with E-state index in [0.717, 1.165) is 11.1 Å². The number of methoxy groups -OCH3 is 1. The van der Waals surface area contributed by atoms with Crippen molar-refractivity contribution in [2.75, 3.05) is 13.7 Å². The molecule has 5 rings (SSSR count). The molecule has 0 fully saturated rings. The Labute approximate surface area is 251 Å². The second-order valence-electron chi connectivity index (χ2n) is 12.4. The lowest BCUT2D eigenvalue weighted by Crippen LogP contribution is -2.51. The second kappa shape index (κ2) is 10.8. The van der Waals surface area contributed by atoms with Gasteiger partial charge >= 0.3 is 6.09 Å². The number of aryl methyl sites for hydroxylation is 1. The van der Waals surface area contributed by atoms with Crippen LogP contribution in [-0.2, 0) is 14.8 Å². The zero-order valence-corrected chi connectivity index (χ0v) is 26.3. The first-order valence-corrected chi connectivity index (χ1v) is 15.4. The van der Waals surface area contributed by atoms with Crippen molar-refractivity contribution >= 4 is 32.7 Å². The molecule has 8 nitrogen and oxygen atoms in total. The van der Waals surface area contributed by atoms with Crippen molar-refractivity contribution < 1.29 is 27.1 Å². The summed E-state index contributed by atoms with van der Waals surface area (Å²) in [6.45, 7) is 11.4. The van der Waals surface area contributed by atoms with Crippen LogP contribution < -0.4 is 4.74 Å². The van der Waals surface area contributed by atoms with Crippen LogP contribution in [0.4, 0.5) is 9.18 Å². The Morgan fingerprint density at radius 1 is 1.02 bits per heavy atom. The van der Waals surface area contributed by atoms with Gasteiger partial charge in [-0.15, -0.1) is 0 Å². The maximum absolute atomic E-state index is 14.5. The van der Waals surface area contributed by atoms with Gasteiger partial charge in [-0.05, 0) is 102 Å². The van der Waals surface area contributed by atoms with Crippen LogP contribution in [0.5, 0.6) is 5.75 Å². The van der Waals surface area contributed by atoms with Gasteiger partial charge in [0.2, 0.25) is 0 Å². The number of rotatable bonds is 5. The number of halogens is 1. The third kappa shape index (κ3) is 5.76. The van der Waals surface area contributed by atoms with Crippen LogP contribution in [0.1, 0.15) is 52.3 Å². The van der Waals surface area contributed by atoms with Crippen LogP contribution >= 0.6 is 0 Å². The number of hydrogen-bond acceptors (Lipinski definition) is 6. The number of fused-ring (bicyclic) bond motifs is 1. The molecule has 0 saturated heterocycles. The van der Waals surface area contributed by atoms with Crippen molar-refractivity contribution in [1.29, 1.82) is 0 Å². The van der Waals surface area contributed by atoms with E-state index >= 15 is 0 Å². The van der Waals surface area contributed by atoms with Crippen LogP contribution in [0.3, 0.4) is 0 Å². The van der Waals surface area contributed by atoms with Crippen LogP contribution in [0.25, 0.3) is 27.7 Å². The molecule has 0 N–H and O–H groups in total. The van der Waals surface area contributed by atoms with E-state index in [1.165, 1.54) is 35.5 Å². The van der Waals surface area contributed by atoms with Crippen LogP contribution in [0.15, 0.2) is 71.8 Å². The normalized spacial score (nSPS) is 15.3. The van der Waals surface area contributed by atoms with Crippen LogP contribution in [0, 0.1) is 12.7 Å². The van der Waals surface area contributed by atoms with Gasteiger partial charge in [0.05, 0.1) is 17.7 Å². The lowest BCUT2D eigenvalue weighted by Gasteiger charge is -2.42. The molecule has 0 atom stereocenters. The summed E-state index contributed by atoms with van der Waals surface area (Å²) in [6, 6.07) is 14.3. The number of hydrogen-bond donors (Lipinski definition) is 0. The molecular formula is C33H36FN3O5S. The second-order valence-corrected chi connectivity index (χ2v) is 14.1. The van der Waals surface area contributed by atoms with Crippen molar-refractivity contribution in [2.24, 2.45) is 0 Å². The minimum Gasteiger partial charge on any atom is -0.496 e. The number of carbonyl (C=O) groups is 1. The quantitative estimate of drug-likeness (QED) is 0.239. The van der Waals surface area contributed by atoms with Gasteiger partial charge in [-0.3, -0.25) is 4.90 Å². The van der Waals surface area contributed by atoms with E-state index in [-0.39, 0.29) is 17.1 Å². The first-order valence-electron chi connectivity index (χ1n) is 14.0. The van der Waals surface area contributed by atoms with E-state index in [2.05, 4.69) is 4.98 Å². The summed E-state index contributed by atoms with van der Waals surface area (Å²) in [7, 11) is -2.63. The predicted molar refractivity (Wildman–Crippen MR) is 165 cm³/mol. The number of ether oxygens (including phenoxy) is 2. The predicted octanol–water partition coefficient (Wildman–Crippen LogP) is 7.20. The molecule has 2 aromatic carbocycles. The third-order valence-corrected chi connectivity index (χ3v) is 9.21. The zero-order chi connectivity index (χ0) is 31.3. The highest BCUT2D eigenvalue weighted by Crippen LogP contribution is 2.41. The van der Waals surface area contributed by atoms with E-state index in [9.17, 15) is 17.6 Å². The molecule has 226 valence electrons. The maximum Gasteiger partial charge on any atom is 0.411 e. The molecule has 0 aliphatic carbocycles. The maximum atomic E-state index is 14.5. The highest BCUT2D eigenvalue weighted by Gasteiger charge is 2.39. The Bertz CT molecular complexity index is 1850. The number of pyridine rings is 1. The minimum atomic E-state index is -4.13. The molecule has 0 saturated carbocycles. The molecule has 10 heteroatoms. The zero-order valence-electron chi connectivity index (χ0n) is 25.4. The highest BCUT2D eigenvalue weighted by molar-refractivity contribution is 7.90. The van der Waals surface area contributed by atoms with Gasteiger partial charge in [-0.2, -0.15) is 0 Å². The molecule has 1 aliphatic heterocycles. The van der Waals surface area contributed by atoms with Crippen molar-refractivity contribution in [3.8, 4) is 16.9 Å². The average molecular weight is 606 g/mol. The summed E-state index contributed by atoms with van der Waals surface area (Å²) >= 11 is 0. The fourth-order valence-corrected chi connectivity index (χ4v) is 6.89. The Morgan fingerprint density at radius 3 is 2.35 bits per heavy atom. The fourth-order valence-electron chi connectivity index (χ4n) is 5.40. The summed E-state index contributed by atoms with van der Waals surface area (Å²) in [5, 5.41) is 0.519. The minimum absolute atomic E-state index is 0.110. The summed E-state index contributed by atoms with van der Waals surface area (Å²) in [5.74, 6) is -0.0118. The van der Waals surface area contributed by atoms with Crippen molar-refractivity contribution in [1.82, 2.24) is 13.9 Å². The molecule has 2 aromatic heterocycles. The van der Waals surface area contributed by atoms with Gasteiger partial charge in [0.15, 0.2) is 5.65 Å². The van der Waals surface area contributed by atoms with Crippen molar-refractivity contribution in [3.63, 3.8) is 0 Å². The molecule has 1 amide bonds. The lowest BCUT2D eigenvalue weighted by molar-refractivity contribution is 0.00614. The third-order valence-electron chi connectivity index (χ3n) is 7.49. The first-order chi connectivity index (χ1) is 20.1. The molecule has 4 aromatic rings. The monoisotopic (exact) mass is 605 g/mol. The SMILES string of the molecule is COc1ccc(F)cc1-c1ccnc2c1cc(C1=CCN(C(=O)OC(C)(C)C)C(C)(C)C1)n2S(=O)(=O)c1ccc(C)cc1. The molecule has 0 spiro atoms. The summed E-state index contributed by atoms with van der Waals surface area (Å²) in [4.78, 5) is 19.3. The molecule has 1 aliphatic rings. The molecule has 0 radical (unpaired) electrons. The van der Waals surface area contributed by atoms with E-state index in [0.29, 0.717) is 34.4 Å². The summed E-state index contributed by atoms with van der Waals surface area (Å²) < 4.78 is 55.5. The number of nitrogens with zero attached hydrogens (tertiary/aromatic N) is 3. The Hall–Kier alpha value is -4.18. The molecule has 0 unspecified atom stereocenters. The van der Waals surface area contributed by atoms with Crippen molar-refractivity contribution in [3.05, 3.63) is 83.9 Å². The van der Waals surface area contributed by atoms with E-state index in [1.807, 2.05) is 47.6 Å². The van der Waals surface area contributed by atoms with Crippen LogP contribution in [-0.4, -0.2) is 53.2 Å². The number of aromatic nitrogens is 2. The van der Waals surface area contributed by atoms with Gasteiger partial charge in [0, 0.05) is 29.2 Å². The standard InChI is InChI=1S/C33H36FN3O5S/c1-21-8-11-24(12-9-21)43(39,40)37-28(22-15-17-36(33(5,6)20-22)31(38)42-32(2,3)4)19-27-25(14-16-35-30(27)37)26-18-23(34)10-13-29(26)41-7/h8-16,18-19H,17,20H2,1-7H3. The van der Waals surface area contributed by atoms with Gasteiger partial charge in [0.25, 0.3) is 10.0 Å². The van der Waals surface area contributed by atoms with Crippen LogP contribution in [0.2, 0.25) is 0 Å². The van der Waals surface area contributed by atoms with Gasteiger partial charge in [0.1, 0.15) is 17.2 Å². The van der Waals surface area contributed by atoms with Gasteiger partial charge in [-0.1, -0.05) is 23.8 Å². The van der Waals surface area contributed by atoms with Gasteiger partial charge in [-0.25, -0.2) is 26.6 Å². The largest absolute Gasteiger partial charge is 0.496 e. The Balaban J connectivity index is 1.74. The molecule has 43 heavy (non-hydrogen) atoms. The fraction of sp³-hybridized carbons (Fsp3) is 0.333. The van der Waals surface area contributed by atoms with E-state index in [4.69, 9.17) is 9.47 Å². The molecule has 3 heterocycles. The van der Waals surface area contributed by atoms with Gasteiger partial charge < -0.3 is 9.47 Å². The smallest absolute Gasteiger partial charge is 0.411 e. The molecule has 0 bridgehead atoms. The Morgan fingerprint density at radius 2 is 1.72 bits per heavy atom. The van der Waals surface area contributed by atoms with Crippen molar-refractivity contribution in [2.45, 2.75) is 64.0 Å². The first kappa shape index (κ1) is 30.3. The number of carbonyl (C=O) groups excluding carboxylic acids is 1. The average Bonchev–Trinajstić information content (AvgIpc) is 3.32. The number of benzene rings is 2. The Kier molecular flexibility index (Phi) is 7.62. The van der Waals surface area contributed by atoms with E-state index in [1.54, 1.807) is 41.3 Å². The molecular weight excluding hydrogens is 569 g/mol. The summed E-state index contributed by atoms with van der Waals surface area (Å²) in [5.41, 5.74) is 1.97. The number of amides is 1. The topological polar surface area (TPSA) is 90.7 Å². The lowest BCUT2D eigenvalue weighted by atomic mass is 9.88.